The standard InChI is InChI=1S/C19H30N4O3.HI/c1-4-26-19(24)23-10-8-17(9-11-23)22-18(20-2)21-13-15-6-5-7-16(12-15)14-25-3;/h5-7,12,17H,4,8-11,13-14H2,1-3H3,(H2,20,21,22);1H. The molecule has 0 atom stereocenters. The quantitative estimate of drug-likeness (QED) is 0.365. The summed E-state index contributed by atoms with van der Waals surface area (Å²) >= 11 is 0. The van der Waals surface area contributed by atoms with Crippen molar-refractivity contribution in [3.05, 3.63) is 35.4 Å². The number of rotatable bonds is 6. The number of guanidine groups is 1. The van der Waals surface area contributed by atoms with Crippen molar-refractivity contribution in [2.75, 3.05) is 33.9 Å². The van der Waals surface area contributed by atoms with Crippen LogP contribution >= 0.6 is 24.0 Å². The Hall–Kier alpha value is -1.55. The number of benzene rings is 1. The zero-order valence-electron chi connectivity index (χ0n) is 16.4. The SMILES string of the molecule is CCOC(=O)N1CCC(NC(=NC)NCc2cccc(COC)c2)CC1.I. The highest BCUT2D eigenvalue weighted by molar-refractivity contribution is 14.0. The number of likely N-dealkylation sites (tertiary alicyclic amines) is 1. The molecular formula is C19H31IN4O3. The Morgan fingerprint density at radius 1 is 1.30 bits per heavy atom. The average Bonchev–Trinajstić information content (AvgIpc) is 2.66. The largest absolute Gasteiger partial charge is 0.450 e. The Morgan fingerprint density at radius 2 is 2.00 bits per heavy atom. The van der Waals surface area contributed by atoms with Crippen LogP contribution in [-0.2, 0) is 22.6 Å². The maximum atomic E-state index is 11.8. The van der Waals surface area contributed by atoms with Crippen LogP contribution in [-0.4, -0.2) is 56.8 Å². The first-order valence-electron chi connectivity index (χ1n) is 9.12. The molecule has 0 bridgehead atoms. The van der Waals surface area contributed by atoms with Crippen molar-refractivity contribution in [3.8, 4) is 0 Å². The second kappa shape index (κ2) is 12.8. The minimum absolute atomic E-state index is 0. The number of halogens is 1. The van der Waals surface area contributed by atoms with Gasteiger partial charge in [-0.15, -0.1) is 24.0 Å². The second-order valence-corrected chi connectivity index (χ2v) is 6.28. The second-order valence-electron chi connectivity index (χ2n) is 6.28. The zero-order valence-corrected chi connectivity index (χ0v) is 18.7. The highest BCUT2D eigenvalue weighted by Gasteiger charge is 2.23. The highest BCUT2D eigenvalue weighted by atomic mass is 127. The van der Waals surface area contributed by atoms with E-state index in [2.05, 4.69) is 33.8 Å². The Balaban J connectivity index is 0.00000364. The van der Waals surface area contributed by atoms with Gasteiger partial charge in [0.05, 0.1) is 13.2 Å². The number of piperidine rings is 1. The van der Waals surface area contributed by atoms with E-state index in [1.54, 1.807) is 19.1 Å². The summed E-state index contributed by atoms with van der Waals surface area (Å²) in [6.45, 7) is 4.95. The lowest BCUT2D eigenvalue weighted by atomic mass is 10.1. The van der Waals surface area contributed by atoms with Crippen molar-refractivity contribution < 1.29 is 14.3 Å². The van der Waals surface area contributed by atoms with E-state index in [4.69, 9.17) is 9.47 Å². The van der Waals surface area contributed by atoms with Gasteiger partial charge in [-0.25, -0.2) is 4.79 Å². The van der Waals surface area contributed by atoms with Crippen LogP contribution in [0.25, 0.3) is 0 Å². The number of ether oxygens (including phenoxy) is 2. The molecule has 0 spiro atoms. The van der Waals surface area contributed by atoms with Gasteiger partial charge in [-0.2, -0.15) is 0 Å². The molecular weight excluding hydrogens is 459 g/mol. The summed E-state index contributed by atoms with van der Waals surface area (Å²) in [6, 6.07) is 8.59. The van der Waals surface area contributed by atoms with Crippen LogP contribution in [0.5, 0.6) is 0 Å². The number of carbonyl (C=O) groups is 1. The van der Waals surface area contributed by atoms with Gasteiger partial charge in [0.25, 0.3) is 0 Å². The van der Waals surface area contributed by atoms with E-state index < -0.39 is 0 Å². The lowest BCUT2D eigenvalue weighted by Crippen LogP contribution is -2.49. The number of hydrogen-bond acceptors (Lipinski definition) is 4. The Kier molecular flexibility index (Phi) is 11.1. The smallest absolute Gasteiger partial charge is 0.409 e. The van der Waals surface area contributed by atoms with Crippen molar-refractivity contribution in [1.82, 2.24) is 15.5 Å². The molecule has 152 valence electrons. The van der Waals surface area contributed by atoms with Crippen molar-refractivity contribution in [3.63, 3.8) is 0 Å². The van der Waals surface area contributed by atoms with Gasteiger partial charge in [0.15, 0.2) is 5.96 Å². The molecule has 8 heteroatoms. The molecule has 0 aromatic heterocycles. The summed E-state index contributed by atoms with van der Waals surface area (Å²) in [7, 11) is 3.47. The molecule has 1 heterocycles. The third kappa shape index (κ3) is 7.92. The molecule has 2 N–H and O–H groups in total. The molecule has 0 aliphatic carbocycles. The number of nitrogens with one attached hydrogen (secondary N) is 2. The van der Waals surface area contributed by atoms with E-state index in [1.165, 1.54) is 5.56 Å². The molecule has 7 nitrogen and oxygen atoms in total. The van der Waals surface area contributed by atoms with Crippen LogP contribution in [0.3, 0.4) is 0 Å². The Morgan fingerprint density at radius 3 is 2.63 bits per heavy atom. The van der Waals surface area contributed by atoms with Gasteiger partial charge in [0.1, 0.15) is 0 Å². The van der Waals surface area contributed by atoms with Crippen LogP contribution in [0.2, 0.25) is 0 Å². The minimum Gasteiger partial charge on any atom is -0.450 e. The van der Waals surface area contributed by atoms with E-state index in [-0.39, 0.29) is 30.1 Å². The first kappa shape index (κ1) is 23.5. The third-order valence-corrected chi connectivity index (χ3v) is 4.35. The molecule has 1 fully saturated rings. The number of hydrogen-bond donors (Lipinski definition) is 2. The number of aliphatic imine (C=N–C) groups is 1. The van der Waals surface area contributed by atoms with E-state index >= 15 is 0 Å². The fourth-order valence-corrected chi connectivity index (χ4v) is 2.99. The number of nitrogens with zero attached hydrogens (tertiary/aromatic N) is 2. The lowest BCUT2D eigenvalue weighted by molar-refractivity contribution is 0.0963. The summed E-state index contributed by atoms with van der Waals surface area (Å²) in [4.78, 5) is 17.8. The van der Waals surface area contributed by atoms with Crippen LogP contribution < -0.4 is 10.6 Å². The predicted octanol–water partition coefficient (Wildman–Crippen LogP) is 2.74. The van der Waals surface area contributed by atoms with Crippen molar-refractivity contribution in [2.45, 2.75) is 39.0 Å². The van der Waals surface area contributed by atoms with E-state index in [0.29, 0.717) is 38.9 Å². The number of amides is 1. The topological polar surface area (TPSA) is 75.2 Å². The summed E-state index contributed by atoms with van der Waals surface area (Å²) in [5.41, 5.74) is 2.33. The molecule has 0 unspecified atom stereocenters. The molecule has 27 heavy (non-hydrogen) atoms. The minimum atomic E-state index is -0.218. The Bertz CT molecular complexity index is 604. The molecule has 0 saturated carbocycles. The van der Waals surface area contributed by atoms with Gasteiger partial charge in [0.2, 0.25) is 0 Å². The van der Waals surface area contributed by atoms with E-state index in [1.807, 2.05) is 13.0 Å². The summed E-state index contributed by atoms with van der Waals surface area (Å²) in [6.07, 6.45) is 1.54. The first-order valence-corrected chi connectivity index (χ1v) is 9.12. The Labute approximate surface area is 178 Å². The maximum Gasteiger partial charge on any atom is 0.409 e. The van der Waals surface area contributed by atoms with Crippen LogP contribution in [0.4, 0.5) is 4.79 Å². The van der Waals surface area contributed by atoms with Gasteiger partial charge >= 0.3 is 6.09 Å². The van der Waals surface area contributed by atoms with Gasteiger partial charge in [-0.05, 0) is 30.9 Å². The van der Waals surface area contributed by atoms with E-state index in [9.17, 15) is 4.79 Å². The third-order valence-electron chi connectivity index (χ3n) is 4.35. The molecule has 0 radical (unpaired) electrons. The summed E-state index contributed by atoms with van der Waals surface area (Å²) in [5, 5.41) is 6.79. The molecule has 1 aromatic carbocycles. The molecule has 1 aliphatic heterocycles. The molecule has 1 saturated heterocycles. The number of carbonyl (C=O) groups excluding carboxylic acids is 1. The van der Waals surface area contributed by atoms with Crippen LogP contribution in [0.15, 0.2) is 29.3 Å². The maximum absolute atomic E-state index is 11.8. The summed E-state index contributed by atoms with van der Waals surface area (Å²) in [5.74, 6) is 0.775. The van der Waals surface area contributed by atoms with Gasteiger partial charge in [0, 0.05) is 39.8 Å². The van der Waals surface area contributed by atoms with Crippen molar-refractivity contribution >= 4 is 36.0 Å². The molecule has 1 amide bonds. The average molecular weight is 490 g/mol. The van der Waals surface area contributed by atoms with Crippen LogP contribution in [0, 0.1) is 0 Å². The first-order chi connectivity index (χ1) is 12.7. The molecule has 2 rings (SSSR count). The fourth-order valence-electron chi connectivity index (χ4n) is 2.99. The zero-order chi connectivity index (χ0) is 18.8. The van der Waals surface area contributed by atoms with E-state index in [0.717, 1.165) is 24.4 Å². The fraction of sp³-hybridized carbons (Fsp3) is 0.579. The van der Waals surface area contributed by atoms with Crippen molar-refractivity contribution in [1.29, 1.82) is 0 Å². The highest BCUT2D eigenvalue weighted by Crippen LogP contribution is 2.11. The predicted molar refractivity (Wildman–Crippen MR) is 118 cm³/mol. The normalized spacial score (nSPS) is 15.1. The van der Waals surface area contributed by atoms with Gasteiger partial charge < -0.3 is 25.0 Å². The molecule has 1 aromatic rings. The van der Waals surface area contributed by atoms with Crippen LogP contribution in [0.1, 0.15) is 30.9 Å². The van der Waals surface area contributed by atoms with Crippen molar-refractivity contribution in [2.24, 2.45) is 4.99 Å². The lowest BCUT2D eigenvalue weighted by Gasteiger charge is -2.32. The van der Waals surface area contributed by atoms with Gasteiger partial charge in [-0.1, -0.05) is 24.3 Å². The van der Waals surface area contributed by atoms with Gasteiger partial charge in [-0.3, -0.25) is 4.99 Å². The monoisotopic (exact) mass is 490 g/mol. The molecule has 1 aliphatic rings. The summed E-state index contributed by atoms with van der Waals surface area (Å²) < 4.78 is 10.2. The number of methoxy groups -OCH3 is 1.